The van der Waals surface area contributed by atoms with Crippen molar-refractivity contribution in [1.29, 1.82) is 0 Å². The smallest absolute Gasteiger partial charge is 0.232 e. The number of fused-ring (bicyclic) bond motifs is 1. The van der Waals surface area contributed by atoms with Crippen LogP contribution < -0.4 is 5.32 Å². The van der Waals surface area contributed by atoms with Crippen LogP contribution in [0.2, 0.25) is 5.15 Å². The molecule has 0 aliphatic carbocycles. The molecule has 8 nitrogen and oxygen atoms in total. The van der Waals surface area contributed by atoms with Crippen molar-refractivity contribution >= 4 is 34.5 Å². The first-order chi connectivity index (χ1) is 12.1. The van der Waals surface area contributed by atoms with E-state index in [1.165, 1.54) is 10.8 Å². The van der Waals surface area contributed by atoms with E-state index >= 15 is 0 Å². The molecule has 1 amide bonds. The zero-order chi connectivity index (χ0) is 19.2. The average molecular weight is 387 g/mol. The van der Waals surface area contributed by atoms with Crippen LogP contribution in [0.1, 0.15) is 27.0 Å². The molecule has 3 N–H and O–H groups in total. The fourth-order valence-corrected chi connectivity index (χ4v) is 2.85. The van der Waals surface area contributed by atoms with E-state index in [2.05, 4.69) is 15.3 Å². The number of rotatable bonds is 3. The van der Waals surface area contributed by atoms with Crippen molar-refractivity contribution in [2.45, 2.75) is 45.4 Å². The predicted molar refractivity (Wildman–Crippen MR) is 92.5 cm³/mol. The maximum atomic E-state index is 14.4. The summed E-state index contributed by atoms with van der Waals surface area (Å²) in [5, 5.41) is 22.1. The number of anilines is 1. The monoisotopic (exact) mass is 386 g/mol. The Morgan fingerprint density at radius 2 is 2.15 bits per heavy atom. The number of nitrogens with zero attached hydrogens (tertiary/aromatic N) is 3. The molecule has 0 bridgehead atoms. The number of carbonyl (C=O) groups excluding carboxylic acids is 1. The highest BCUT2D eigenvalue weighted by atomic mass is 35.5. The summed E-state index contributed by atoms with van der Waals surface area (Å²) in [7, 11) is 0. The summed E-state index contributed by atoms with van der Waals surface area (Å²) in [5.41, 5.74) is -0.420. The lowest BCUT2D eigenvalue weighted by atomic mass is 9.96. The average Bonchev–Trinajstić information content (AvgIpc) is 3.09. The summed E-state index contributed by atoms with van der Waals surface area (Å²) in [4.78, 5) is 20.4. The van der Waals surface area contributed by atoms with Crippen molar-refractivity contribution in [2.75, 3.05) is 11.9 Å². The Kier molecular flexibility index (Phi) is 4.91. The second-order valence-electron chi connectivity index (χ2n) is 7.19. The van der Waals surface area contributed by atoms with E-state index in [9.17, 15) is 19.4 Å². The molecular weight excluding hydrogens is 367 g/mol. The van der Waals surface area contributed by atoms with Gasteiger partial charge in [0.25, 0.3) is 0 Å². The number of aliphatic hydroxyl groups is 2. The molecule has 26 heavy (non-hydrogen) atoms. The van der Waals surface area contributed by atoms with Gasteiger partial charge >= 0.3 is 0 Å². The molecule has 1 aliphatic rings. The molecule has 10 heteroatoms. The molecule has 0 spiro atoms. The van der Waals surface area contributed by atoms with E-state index in [1.54, 1.807) is 26.8 Å². The minimum atomic E-state index is -1.76. The van der Waals surface area contributed by atoms with Gasteiger partial charge in [0.05, 0.1) is 12.0 Å². The third kappa shape index (κ3) is 3.27. The minimum Gasteiger partial charge on any atom is -0.394 e. The highest BCUT2D eigenvalue weighted by Crippen LogP contribution is 2.35. The van der Waals surface area contributed by atoms with Crippen molar-refractivity contribution in [1.82, 2.24) is 14.5 Å². The van der Waals surface area contributed by atoms with Gasteiger partial charge in [-0.15, -0.1) is 0 Å². The summed E-state index contributed by atoms with van der Waals surface area (Å²) >= 11 is 6.16. The molecule has 0 saturated carbocycles. The maximum absolute atomic E-state index is 14.4. The third-order valence-corrected chi connectivity index (χ3v) is 4.47. The van der Waals surface area contributed by atoms with Crippen molar-refractivity contribution in [3.63, 3.8) is 0 Å². The van der Waals surface area contributed by atoms with Crippen LogP contribution in [0.4, 0.5) is 10.3 Å². The van der Waals surface area contributed by atoms with Crippen LogP contribution in [0, 0.1) is 5.41 Å². The van der Waals surface area contributed by atoms with Crippen molar-refractivity contribution in [3.8, 4) is 0 Å². The quantitative estimate of drug-likeness (QED) is 0.692. The number of hydrogen-bond donors (Lipinski definition) is 3. The van der Waals surface area contributed by atoms with Crippen LogP contribution in [-0.4, -0.2) is 55.6 Å². The van der Waals surface area contributed by atoms with Gasteiger partial charge in [-0.3, -0.25) is 10.1 Å². The molecule has 1 unspecified atom stereocenters. The largest absolute Gasteiger partial charge is 0.394 e. The van der Waals surface area contributed by atoms with E-state index < -0.39 is 36.6 Å². The number of aromatic nitrogens is 3. The summed E-state index contributed by atoms with van der Waals surface area (Å²) < 4.78 is 21.2. The molecule has 3 rings (SSSR count). The standard InChI is InChI=1S/C16H20ClFN4O4/c1-16(2,3)14(25)21-15-19-11(17)7-4-5-22(12(7)20-15)13-9(18)10(24)8(6-23)26-13/h4-5,8-10,13,23-24H,6H2,1-3H3,(H,19,20,21,25)/t8-,9+,10?,13-/m1/s1. The van der Waals surface area contributed by atoms with Gasteiger partial charge in [-0.2, -0.15) is 9.97 Å². The summed E-state index contributed by atoms with van der Waals surface area (Å²) in [5.74, 6) is -0.322. The van der Waals surface area contributed by atoms with Crippen molar-refractivity contribution in [3.05, 3.63) is 17.4 Å². The van der Waals surface area contributed by atoms with Crippen LogP contribution in [0.5, 0.6) is 0 Å². The lowest BCUT2D eigenvalue weighted by Crippen LogP contribution is -2.30. The zero-order valence-corrected chi connectivity index (χ0v) is 15.2. The third-order valence-electron chi connectivity index (χ3n) is 4.18. The van der Waals surface area contributed by atoms with E-state index in [0.29, 0.717) is 5.39 Å². The Morgan fingerprint density at radius 1 is 1.46 bits per heavy atom. The second-order valence-corrected chi connectivity index (χ2v) is 7.54. The van der Waals surface area contributed by atoms with Crippen LogP contribution in [0.25, 0.3) is 11.0 Å². The van der Waals surface area contributed by atoms with Crippen LogP contribution in [0.15, 0.2) is 12.3 Å². The number of carbonyl (C=O) groups is 1. The fraction of sp³-hybridized carbons (Fsp3) is 0.562. The van der Waals surface area contributed by atoms with Gasteiger partial charge in [0.1, 0.15) is 23.0 Å². The molecule has 0 aromatic carbocycles. The van der Waals surface area contributed by atoms with Crippen molar-refractivity contribution < 1.29 is 24.1 Å². The van der Waals surface area contributed by atoms with E-state index in [-0.39, 0.29) is 22.7 Å². The summed E-state index contributed by atoms with van der Waals surface area (Å²) in [6.45, 7) is 4.70. The number of aliphatic hydroxyl groups excluding tert-OH is 2. The van der Waals surface area contributed by atoms with Gasteiger partial charge in [-0.25, -0.2) is 4.39 Å². The molecule has 2 aromatic heterocycles. The van der Waals surface area contributed by atoms with Gasteiger partial charge in [0, 0.05) is 11.6 Å². The number of amides is 1. The van der Waals surface area contributed by atoms with Gasteiger partial charge in [0.15, 0.2) is 12.4 Å². The zero-order valence-electron chi connectivity index (χ0n) is 14.5. The lowest BCUT2D eigenvalue weighted by molar-refractivity contribution is -0.123. The molecular formula is C16H20ClFN4O4. The number of hydrogen-bond acceptors (Lipinski definition) is 6. The Hall–Kier alpha value is -1.81. The first kappa shape index (κ1) is 19.0. The Morgan fingerprint density at radius 3 is 2.73 bits per heavy atom. The molecule has 142 valence electrons. The van der Waals surface area contributed by atoms with Gasteiger partial charge in [-0.1, -0.05) is 32.4 Å². The highest BCUT2D eigenvalue weighted by Gasteiger charge is 2.45. The molecule has 0 radical (unpaired) electrons. The van der Waals surface area contributed by atoms with Crippen LogP contribution in [0.3, 0.4) is 0 Å². The number of nitrogens with one attached hydrogen (secondary N) is 1. The highest BCUT2D eigenvalue weighted by molar-refractivity contribution is 6.34. The van der Waals surface area contributed by atoms with Gasteiger partial charge < -0.3 is 19.5 Å². The van der Waals surface area contributed by atoms with Crippen LogP contribution >= 0.6 is 11.6 Å². The molecule has 1 aliphatic heterocycles. The molecule has 2 aromatic rings. The molecule has 3 heterocycles. The van der Waals surface area contributed by atoms with E-state index in [0.717, 1.165) is 0 Å². The Balaban J connectivity index is 1.99. The second kappa shape index (κ2) is 6.73. The Bertz CT molecular complexity index is 837. The van der Waals surface area contributed by atoms with Crippen LogP contribution in [-0.2, 0) is 9.53 Å². The van der Waals surface area contributed by atoms with Gasteiger partial charge in [0.2, 0.25) is 11.9 Å². The topological polar surface area (TPSA) is 110 Å². The fourth-order valence-electron chi connectivity index (χ4n) is 2.63. The predicted octanol–water partition coefficient (Wildman–Crippen LogP) is 1.66. The minimum absolute atomic E-state index is 0.0185. The van der Waals surface area contributed by atoms with Crippen molar-refractivity contribution in [2.24, 2.45) is 5.41 Å². The number of ether oxygens (including phenoxy) is 1. The normalized spacial score (nSPS) is 26.4. The first-order valence-corrected chi connectivity index (χ1v) is 8.45. The lowest BCUT2D eigenvalue weighted by Gasteiger charge is -2.18. The summed E-state index contributed by atoms with van der Waals surface area (Å²) in [6, 6.07) is 1.59. The maximum Gasteiger partial charge on any atom is 0.232 e. The molecule has 4 atom stereocenters. The number of halogens is 2. The molecule has 1 fully saturated rings. The summed E-state index contributed by atoms with van der Waals surface area (Å²) in [6.07, 6.45) is -3.94. The first-order valence-electron chi connectivity index (χ1n) is 8.07. The Labute approximate surface area is 153 Å². The van der Waals surface area contributed by atoms with Gasteiger partial charge in [-0.05, 0) is 6.07 Å². The van der Waals surface area contributed by atoms with E-state index in [1.807, 2.05) is 0 Å². The SMILES string of the molecule is CC(C)(C)C(=O)Nc1nc(Cl)c2ccn([C@@H]3O[C@H](CO)C(O)[C@@H]3F)c2n1. The molecule has 1 saturated heterocycles. The van der Waals surface area contributed by atoms with E-state index in [4.69, 9.17) is 16.3 Å². The number of alkyl halides is 1.